The van der Waals surface area contributed by atoms with Crippen molar-refractivity contribution in [2.24, 2.45) is 0 Å². The van der Waals surface area contributed by atoms with Crippen LogP contribution >= 0.6 is 22.6 Å². The van der Waals surface area contributed by atoms with Gasteiger partial charge in [-0.1, -0.05) is 0 Å². The first-order valence-electron chi connectivity index (χ1n) is 8.37. The first kappa shape index (κ1) is 18.2. The maximum absolute atomic E-state index is 12.8. The molecule has 0 bridgehead atoms. The Hall–Kier alpha value is -3.14. The van der Waals surface area contributed by atoms with Crippen LogP contribution in [0, 0.1) is 3.57 Å². The monoisotopic (exact) mass is 487 g/mol. The van der Waals surface area contributed by atoms with Crippen molar-refractivity contribution >= 4 is 46.5 Å². The average Bonchev–Trinajstić information content (AvgIpc) is 3.35. The normalized spacial score (nSPS) is 16.0. The van der Waals surface area contributed by atoms with Crippen molar-refractivity contribution in [2.75, 3.05) is 0 Å². The number of hydrogen-bond acceptors (Lipinski definition) is 4. The van der Waals surface area contributed by atoms with Gasteiger partial charge in [-0.2, -0.15) is 0 Å². The molecule has 28 heavy (non-hydrogen) atoms. The molecule has 0 atom stereocenters. The number of imide groups is 2. The second-order valence-electron chi connectivity index (χ2n) is 6.07. The van der Waals surface area contributed by atoms with Gasteiger partial charge < -0.3 is 8.98 Å². The molecular weight excluding hydrogens is 473 g/mol. The van der Waals surface area contributed by atoms with Crippen molar-refractivity contribution in [1.82, 2.24) is 14.8 Å². The molecule has 1 fully saturated rings. The molecule has 7 nitrogen and oxygen atoms in total. The summed E-state index contributed by atoms with van der Waals surface area (Å²) in [4.78, 5) is 38.2. The van der Waals surface area contributed by atoms with Crippen molar-refractivity contribution in [3.05, 3.63) is 81.6 Å². The average molecular weight is 487 g/mol. The predicted octanol–water partition coefficient (Wildman–Crippen LogP) is 3.34. The minimum Gasteiger partial charge on any atom is -0.467 e. The van der Waals surface area contributed by atoms with Gasteiger partial charge in [0.05, 0.1) is 12.8 Å². The number of nitrogens with zero attached hydrogens (tertiary/aromatic N) is 2. The lowest BCUT2D eigenvalue weighted by Crippen LogP contribution is -2.53. The van der Waals surface area contributed by atoms with Crippen LogP contribution in [0.1, 0.15) is 11.5 Å². The highest BCUT2D eigenvalue weighted by Gasteiger charge is 2.36. The van der Waals surface area contributed by atoms with Crippen LogP contribution in [0.25, 0.3) is 11.8 Å². The highest BCUT2D eigenvalue weighted by atomic mass is 127. The van der Waals surface area contributed by atoms with Crippen LogP contribution in [-0.4, -0.2) is 27.3 Å². The zero-order valence-electron chi connectivity index (χ0n) is 14.5. The number of carbonyl (C=O) groups excluding carboxylic acids is 3. The Morgan fingerprint density at radius 1 is 1.04 bits per heavy atom. The van der Waals surface area contributed by atoms with Crippen molar-refractivity contribution in [1.29, 1.82) is 0 Å². The van der Waals surface area contributed by atoms with Crippen LogP contribution in [0.15, 0.2) is 71.0 Å². The molecule has 0 spiro atoms. The summed E-state index contributed by atoms with van der Waals surface area (Å²) in [6, 6.07) is 14.0. The highest BCUT2D eigenvalue weighted by Crippen LogP contribution is 2.20. The Morgan fingerprint density at radius 3 is 2.54 bits per heavy atom. The van der Waals surface area contributed by atoms with Gasteiger partial charge in [0.2, 0.25) is 0 Å². The van der Waals surface area contributed by atoms with E-state index >= 15 is 0 Å². The Balaban J connectivity index is 1.68. The maximum Gasteiger partial charge on any atom is 0.331 e. The number of barbiturate groups is 1. The molecule has 1 aliphatic rings. The van der Waals surface area contributed by atoms with E-state index in [0.29, 0.717) is 11.5 Å². The standard InChI is InChI=1S/C20H14IN3O4/c21-13-5-7-14(8-6-13)23-9-1-3-15(23)11-17-18(25)22-20(27)24(19(17)26)12-16-4-2-10-28-16/h1-11H,12H2,(H,22,25,27). The third-order valence-corrected chi connectivity index (χ3v) is 4.98. The highest BCUT2D eigenvalue weighted by molar-refractivity contribution is 14.1. The van der Waals surface area contributed by atoms with Gasteiger partial charge in [-0.25, -0.2) is 4.79 Å². The Labute approximate surface area is 173 Å². The van der Waals surface area contributed by atoms with E-state index in [1.807, 2.05) is 41.1 Å². The largest absolute Gasteiger partial charge is 0.467 e. The number of amides is 4. The predicted molar refractivity (Wildman–Crippen MR) is 109 cm³/mol. The van der Waals surface area contributed by atoms with Gasteiger partial charge in [0.25, 0.3) is 11.8 Å². The second-order valence-corrected chi connectivity index (χ2v) is 7.31. The van der Waals surface area contributed by atoms with Crippen LogP contribution in [-0.2, 0) is 16.1 Å². The van der Waals surface area contributed by atoms with Gasteiger partial charge >= 0.3 is 6.03 Å². The van der Waals surface area contributed by atoms with Gasteiger partial charge in [0.1, 0.15) is 11.3 Å². The molecule has 0 saturated carbocycles. The number of nitrogens with one attached hydrogen (secondary N) is 1. The fourth-order valence-corrected chi connectivity index (χ4v) is 3.25. The van der Waals surface area contributed by atoms with Gasteiger partial charge in [-0.3, -0.25) is 19.8 Å². The zero-order chi connectivity index (χ0) is 19.7. The molecule has 1 saturated heterocycles. The van der Waals surface area contributed by atoms with Crippen molar-refractivity contribution in [3.8, 4) is 5.69 Å². The Morgan fingerprint density at radius 2 is 1.82 bits per heavy atom. The molecule has 3 heterocycles. The van der Waals surface area contributed by atoms with Gasteiger partial charge in [0, 0.05) is 21.1 Å². The summed E-state index contributed by atoms with van der Waals surface area (Å²) < 4.78 is 8.16. The third-order valence-electron chi connectivity index (χ3n) is 4.26. The lowest BCUT2D eigenvalue weighted by atomic mass is 10.1. The van der Waals surface area contributed by atoms with Crippen molar-refractivity contribution in [2.45, 2.75) is 6.54 Å². The number of benzene rings is 1. The number of furan rings is 1. The topological polar surface area (TPSA) is 84.6 Å². The van der Waals surface area contributed by atoms with Gasteiger partial charge in [0.15, 0.2) is 0 Å². The van der Waals surface area contributed by atoms with E-state index in [9.17, 15) is 14.4 Å². The molecule has 2 aromatic heterocycles. The Kier molecular flexibility index (Phi) is 4.86. The molecule has 0 aliphatic carbocycles. The zero-order valence-corrected chi connectivity index (χ0v) is 16.6. The molecule has 8 heteroatoms. The summed E-state index contributed by atoms with van der Waals surface area (Å²) in [5.74, 6) is -0.943. The number of carbonyl (C=O) groups is 3. The first-order chi connectivity index (χ1) is 13.5. The third kappa shape index (κ3) is 3.50. The maximum atomic E-state index is 12.8. The quantitative estimate of drug-likeness (QED) is 0.348. The fraction of sp³-hybridized carbons (Fsp3) is 0.0500. The van der Waals surface area contributed by atoms with Crippen LogP contribution in [0.5, 0.6) is 0 Å². The molecule has 1 N–H and O–H groups in total. The molecule has 0 radical (unpaired) electrons. The molecule has 4 rings (SSSR count). The van der Waals surface area contributed by atoms with E-state index in [-0.39, 0.29) is 12.1 Å². The summed E-state index contributed by atoms with van der Waals surface area (Å²) in [6.07, 6.45) is 4.78. The molecule has 0 unspecified atom stereocenters. The molecule has 140 valence electrons. The molecule has 1 aromatic carbocycles. The van der Waals surface area contributed by atoms with Crippen LogP contribution in [0.4, 0.5) is 4.79 Å². The van der Waals surface area contributed by atoms with Crippen molar-refractivity contribution in [3.63, 3.8) is 0 Å². The van der Waals surface area contributed by atoms with Gasteiger partial charge in [-0.05, 0) is 77.2 Å². The minimum atomic E-state index is -0.767. The summed E-state index contributed by atoms with van der Waals surface area (Å²) in [5.41, 5.74) is 1.42. The number of aromatic nitrogens is 1. The Bertz CT molecular complexity index is 1080. The van der Waals surface area contributed by atoms with Gasteiger partial charge in [-0.15, -0.1) is 0 Å². The number of urea groups is 1. The molecule has 1 aliphatic heterocycles. The van der Waals surface area contributed by atoms with E-state index in [0.717, 1.165) is 14.2 Å². The van der Waals surface area contributed by atoms with E-state index in [1.54, 1.807) is 18.2 Å². The minimum absolute atomic E-state index is 0.0551. The summed E-state index contributed by atoms with van der Waals surface area (Å²) in [5, 5.41) is 2.21. The van der Waals surface area contributed by atoms with Crippen LogP contribution in [0.3, 0.4) is 0 Å². The van der Waals surface area contributed by atoms with Crippen molar-refractivity contribution < 1.29 is 18.8 Å². The number of halogens is 1. The van der Waals surface area contributed by atoms with E-state index < -0.39 is 17.8 Å². The van der Waals surface area contributed by atoms with Crippen LogP contribution < -0.4 is 5.32 Å². The SMILES string of the molecule is O=C1NC(=O)N(Cc2ccco2)C(=O)C1=Cc1cccn1-c1ccc(I)cc1. The first-order valence-corrected chi connectivity index (χ1v) is 9.45. The lowest BCUT2D eigenvalue weighted by molar-refractivity contribution is -0.130. The smallest absolute Gasteiger partial charge is 0.331 e. The number of rotatable bonds is 4. The lowest BCUT2D eigenvalue weighted by Gasteiger charge is -2.25. The second kappa shape index (κ2) is 7.47. The van der Waals surface area contributed by atoms with Crippen LogP contribution in [0.2, 0.25) is 0 Å². The molecule has 4 amide bonds. The summed E-state index contributed by atoms with van der Waals surface area (Å²) in [6.45, 7) is -0.0551. The fourth-order valence-electron chi connectivity index (χ4n) is 2.89. The van der Waals surface area contributed by atoms with E-state index in [1.165, 1.54) is 12.3 Å². The summed E-state index contributed by atoms with van der Waals surface area (Å²) in [7, 11) is 0. The van der Waals surface area contributed by atoms with E-state index in [4.69, 9.17) is 4.42 Å². The number of hydrogen-bond donors (Lipinski definition) is 1. The molecular formula is C20H14IN3O4. The molecule has 3 aromatic rings. The summed E-state index contributed by atoms with van der Waals surface area (Å²) >= 11 is 2.22. The van der Waals surface area contributed by atoms with E-state index in [2.05, 4.69) is 27.9 Å².